The van der Waals surface area contributed by atoms with Gasteiger partial charge in [0.2, 0.25) is 5.95 Å². The molecule has 0 saturated heterocycles. The number of anilines is 3. The minimum atomic E-state index is 0.528. The number of benzene rings is 1. The predicted octanol–water partition coefficient (Wildman–Crippen LogP) is 3.21. The molecule has 6 heteroatoms. The number of nitrogens with one attached hydrogen (secondary N) is 2. The Morgan fingerprint density at radius 1 is 1.26 bits per heavy atom. The molecule has 0 aliphatic rings. The molecular formula is C17H18N6. The van der Waals surface area contributed by atoms with Crippen LogP contribution in [0, 0.1) is 0 Å². The third-order valence-electron chi connectivity index (χ3n) is 3.35. The molecule has 6 nitrogen and oxygen atoms in total. The van der Waals surface area contributed by atoms with Gasteiger partial charge in [-0.25, -0.2) is 4.98 Å². The molecule has 0 bridgehead atoms. The van der Waals surface area contributed by atoms with Gasteiger partial charge in [-0.2, -0.15) is 10.1 Å². The van der Waals surface area contributed by atoms with Gasteiger partial charge in [0.25, 0.3) is 0 Å². The fraction of sp³-hybridized carbons (Fsp3) is 0.118. The van der Waals surface area contributed by atoms with E-state index in [4.69, 9.17) is 0 Å². The molecule has 0 aliphatic heterocycles. The van der Waals surface area contributed by atoms with Gasteiger partial charge in [0.05, 0.1) is 11.9 Å². The Labute approximate surface area is 134 Å². The van der Waals surface area contributed by atoms with Gasteiger partial charge in [-0.15, -0.1) is 0 Å². The van der Waals surface area contributed by atoms with Gasteiger partial charge in [-0.05, 0) is 17.2 Å². The molecule has 0 atom stereocenters. The van der Waals surface area contributed by atoms with Crippen LogP contribution in [0.5, 0.6) is 0 Å². The van der Waals surface area contributed by atoms with Crippen molar-refractivity contribution in [3.05, 3.63) is 66.6 Å². The van der Waals surface area contributed by atoms with E-state index in [9.17, 15) is 0 Å². The first-order valence-corrected chi connectivity index (χ1v) is 7.27. The normalized spacial score (nSPS) is 10.3. The average molecular weight is 306 g/mol. The monoisotopic (exact) mass is 306 g/mol. The minimum Gasteiger partial charge on any atom is -0.366 e. The molecule has 3 aromatic rings. The van der Waals surface area contributed by atoms with E-state index in [0.29, 0.717) is 12.5 Å². The van der Waals surface area contributed by atoms with Gasteiger partial charge in [0.1, 0.15) is 5.82 Å². The van der Waals surface area contributed by atoms with Crippen LogP contribution in [-0.4, -0.2) is 19.7 Å². The molecule has 0 spiro atoms. The molecule has 2 N–H and O–H groups in total. The Bertz CT molecular complexity index is 808. The fourth-order valence-electron chi connectivity index (χ4n) is 2.21. The number of aryl methyl sites for hydroxylation is 1. The summed E-state index contributed by atoms with van der Waals surface area (Å²) in [4.78, 5) is 8.67. The summed E-state index contributed by atoms with van der Waals surface area (Å²) in [6.07, 6.45) is 7.16. The maximum Gasteiger partial charge on any atom is 0.229 e. The lowest BCUT2D eigenvalue weighted by molar-refractivity contribution is 0.768. The number of nitrogens with zero attached hydrogens (tertiary/aromatic N) is 4. The molecule has 1 aromatic carbocycles. The molecule has 0 fully saturated rings. The van der Waals surface area contributed by atoms with E-state index in [1.165, 1.54) is 5.56 Å². The second kappa shape index (κ2) is 6.74. The lowest BCUT2D eigenvalue weighted by atomic mass is 10.1. The molecule has 0 aliphatic carbocycles. The van der Waals surface area contributed by atoms with Crippen molar-refractivity contribution >= 4 is 23.5 Å². The first kappa shape index (κ1) is 14.8. The second-order valence-corrected chi connectivity index (χ2v) is 5.05. The Morgan fingerprint density at radius 3 is 2.91 bits per heavy atom. The highest BCUT2D eigenvalue weighted by molar-refractivity contribution is 5.54. The number of hydrogen-bond donors (Lipinski definition) is 2. The highest BCUT2D eigenvalue weighted by Gasteiger charge is 2.03. The van der Waals surface area contributed by atoms with Crippen LogP contribution in [0.25, 0.3) is 6.08 Å². The second-order valence-electron chi connectivity index (χ2n) is 5.05. The number of aromatic nitrogens is 4. The summed E-state index contributed by atoms with van der Waals surface area (Å²) < 4.78 is 1.72. The van der Waals surface area contributed by atoms with E-state index >= 15 is 0 Å². The molecule has 3 rings (SSSR count). The molecule has 23 heavy (non-hydrogen) atoms. The predicted molar refractivity (Wildman–Crippen MR) is 92.4 cm³/mol. The van der Waals surface area contributed by atoms with Crippen LogP contribution >= 0.6 is 0 Å². The molecule has 2 aromatic heterocycles. The van der Waals surface area contributed by atoms with Gasteiger partial charge < -0.3 is 10.6 Å². The topological polar surface area (TPSA) is 67.7 Å². The van der Waals surface area contributed by atoms with Crippen LogP contribution in [0.15, 0.2) is 55.5 Å². The first-order chi connectivity index (χ1) is 11.2. The van der Waals surface area contributed by atoms with E-state index < -0.39 is 0 Å². The van der Waals surface area contributed by atoms with Gasteiger partial charge in [-0.1, -0.05) is 36.9 Å². The lowest BCUT2D eigenvalue weighted by Crippen LogP contribution is -2.05. The van der Waals surface area contributed by atoms with Crippen LogP contribution in [0.3, 0.4) is 0 Å². The van der Waals surface area contributed by atoms with Crippen molar-refractivity contribution < 1.29 is 0 Å². The largest absolute Gasteiger partial charge is 0.366 e. The van der Waals surface area contributed by atoms with Gasteiger partial charge >= 0.3 is 0 Å². The highest BCUT2D eigenvalue weighted by atomic mass is 15.3. The van der Waals surface area contributed by atoms with Crippen molar-refractivity contribution in [2.24, 2.45) is 7.05 Å². The summed E-state index contributed by atoms with van der Waals surface area (Å²) in [5, 5.41) is 10.5. The molecule has 0 unspecified atom stereocenters. The van der Waals surface area contributed by atoms with E-state index in [0.717, 1.165) is 17.1 Å². The van der Waals surface area contributed by atoms with Crippen molar-refractivity contribution in [3.63, 3.8) is 0 Å². The molecule has 2 heterocycles. The van der Waals surface area contributed by atoms with Crippen LogP contribution < -0.4 is 10.6 Å². The molecule has 0 radical (unpaired) electrons. The minimum absolute atomic E-state index is 0.528. The molecule has 116 valence electrons. The summed E-state index contributed by atoms with van der Waals surface area (Å²) >= 11 is 0. The van der Waals surface area contributed by atoms with Crippen molar-refractivity contribution in [1.29, 1.82) is 0 Å². The van der Waals surface area contributed by atoms with Gasteiger partial charge in [0, 0.05) is 26.0 Å². The average Bonchev–Trinajstić information content (AvgIpc) is 2.98. The summed E-state index contributed by atoms with van der Waals surface area (Å²) in [5.74, 6) is 1.28. The van der Waals surface area contributed by atoms with Crippen molar-refractivity contribution in [1.82, 2.24) is 19.7 Å². The third-order valence-corrected chi connectivity index (χ3v) is 3.35. The zero-order valence-corrected chi connectivity index (χ0v) is 12.9. The summed E-state index contributed by atoms with van der Waals surface area (Å²) in [6.45, 7) is 4.51. The van der Waals surface area contributed by atoms with E-state index in [1.54, 1.807) is 17.1 Å². The van der Waals surface area contributed by atoms with E-state index in [1.807, 2.05) is 43.6 Å². The fourth-order valence-corrected chi connectivity index (χ4v) is 2.21. The summed E-state index contributed by atoms with van der Waals surface area (Å²) in [5.41, 5.74) is 3.13. The Kier molecular flexibility index (Phi) is 4.33. The van der Waals surface area contributed by atoms with Crippen LogP contribution in [0.2, 0.25) is 0 Å². The zero-order valence-electron chi connectivity index (χ0n) is 12.9. The van der Waals surface area contributed by atoms with Crippen molar-refractivity contribution in [2.75, 3.05) is 10.6 Å². The molecular weight excluding hydrogens is 288 g/mol. The molecule has 0 amide bonds. The number of hydrogen-bond acceptors (Lipinski definition) is 5. The van der Waals surface area contributed by atoms with Gasteiger partial charge in [-0.3, -0.25) is 4.68 Å². The number of rotatable bonds is 6. The van der Waals surface area contributed by atoms with E-state index in [2.05, 4.69) is 38.3 Å². The van der Waals surface area contributed by atoms with Crippen LogP contribution in [-0.2, 0) is 13.6 Å². The highest BCUT2D eigenvalue weighted by Crippen LogP contribution is 2.15. The lowest BCUT2D eigenvalue weighted by Gasteiger charge is -2.09. The third kappa shape index (κ3) is 3.74. The van der Waals surface area contributed by atoms with Crippen molar-refractivity contribution in [3.8, 4) is 0 Å². The summed E-state index contributed by atoms with van der Waals surface area (Å²) in [7, 11) is 1.86. The zero-order chi connectivity index (χ0) is 16.1. The van der Waals surface area contributed by atoms with Crippen LogP contribution in [0.4, 0.5) is 17.5 Å². The Hall–Kier alpha value is -3.15. The SMILES string of the molecule is C=Cc1ccccc1CNc1ccnc(Nc2cnn(C)c2)n1. The summed E-state index contributed by atoms with van der Waals surface area (Å²) in [6, 6.07) is 9.96. The Balaban J connectivity index is 1.69. The maximum absolute atomic E-state index is 4.45. The molecule has 0 saturated carbocycles. The van der Waals surface area contributed by atoms with Crippen molar-refractivity contribution in [2.45, 2.75) is 6.54 Å². The van der Waals surface area contributed by atoms with Crippen LogP contribution in [0.1, 0.15) is 11.1 Å². The van der Waals surface area contributed by atoms with E-state index in [-0.39, 0.29) is 0 Å². The Morgan fingerprint density at radius 2 is 2.13 bits per heavy atom. The maximum atomic E-state index is 4.45. The quantitative estimate of drug-likeness (QED) is 0.732. The van der Waals surface area contributed by atoms with Gasteiger partial charge in [0.15, 0.2) is 0 Å². The standard InChI is InChI=1S/C17H18N6/c1-3-13-6-4-5-7-14(13)10-19-16-8-9-18-17(22-16)21-15-11-20-23(2)12-15/h3-9,11-12H,1,10H2,2H3,(H2,18,19,21,22). The first-order valence-electron chi connectivity index (χ1n) is 7.27. The smallest absolute Gasteiger partial charge is 0.229 e.